The van der Waals surface area contributed by atoms with Gasteiger partial charge in [-0.1, -0.05) is 24.3 Å². The van der Waals surface area contributed by atoms with Crippen molar-refractivity contribution in [1.82, 2.24) is 18.3 Å². The first-order chi connectivity index (χ1) is 30.4. The average Bonchev–Trinajstić information content (AvgIpc) is 3.98. The third kappa shape index (κ3) is 13.0. The molecule has 0 aliphatic rings. The molecule has 0 saturated carbocycles. The van der Waals surface area contributed by atoms with Crippen molar-refractivity contribution >= 4 is 58.7 Å². The van der Waals surface area contributed by atoms with E-state index in [1.54, 1.807) is 167 Å². The molecule has 0 atom stereocenters. The number of amides is 4. The second kappa shape index (κ2) is 19.6. The number of anilines is 4. The van der Waals surface area contributed by atoms with Gasteiger partial charge in [-0.2, -0.15) is 0 Å². The normalized spacial score (nSPS) is 11.1. The third-order valence-electron chi connectivity index (χ3n) is 9.34. The zero-order chi connectivity index (χ0) is 48.0. The fourth-order valence-electron chi connectivity index (χ4n) is 6.41. The summed E-state index contributed by atoms with van der Waals surface area (Å²) in [7, 11) is 8.21. The molecule has 6 rings (SSSR count). The molecule has 4 heterocycles. The number of carboxylic acids is 1. The summed E-state index contributed by atoms with van der Waals surface area (Å²) >= 11 is 0. The van der Waals surface area contributed by atoms with Gasteiger partial charge in [0.1, 0.15) is 34.0 Å². The maximum Gasteiger partial charge on any atom is 0.412 e. The average molecular weight is 891 g/mol. The van der Waals surface area contributed by atoms with E-state index in [9.17, 15) is 33.9 Å². The van der Waals surface area contributed by atoms with Crippen molar-refractivity contribution in [2.24, 2.45) is 28.2 Å². The molecular formula is C47H54N8O10. The second-order valence-corrected chi connectivity index (χ2v) is 17.0. The molecule has 0 aliphatic carbocycles. The lowest BCUT2D eigenvalue weighted by Crippen LogP contribution is -2.27. The number of carbonyl (C=O) groups is 6. The Morgan fingerprint density at radius 1 is 0.462 bits per heavy atom. The number of aromatic nitrogens is 4. The van der Waals surface area contributed by atoms with Crippen LogP contribution < -0.4 is 21.3 Å². The van der Waals surface area contributed by atoms with Crippen molar-refractivity contribution in [3.8, 4) is 22.3 Å². The van der Waals surface area contributed by atoms with Crippen molar-refractivity contribution in [2.45, 2.75) is 52.7 Å². The Kier molecular flexibility index (Phi) is 14.5. The molecule has 6 aromatic rings. The highest BCUT2D eigenvalue weighted by molar-refractivity contribution is 6.05. The molecule has 342 valence electrons. The number of hydrogen-bond donors (Lipinski definition) is 5. The minimum atomic E-state index is -0.995. The van der Waals surface area contributed by atoms with Gasteiger partial charge in [0.05, 0.1) is 18.5 Å². The number of carbonyl (C=O) groups excluding carboxylic acids is 5. The van der Waals surface area contributed by atoms with Crippen LogP contribution in [-0.2, 0) is 42.4 Å². The van der Waals surface area contributed by atoms with E-state index in [4.69, 9.17) is 14.2 Å². The largest absolute Gasteiger partial charge is 0.477 e. The summed E-state index contributed by atoms with van der Waals surface area (Å²) in [6.07, 6.45) is 5.64. The van der Waals surface area contributed by atoms with E-state index in [1.165, 1.54) is 7.11 Å². The Bertz CT molecular complexity index is 2720. The van der Waals surface area contributed by atoms with E-state index < -0.39 is 35.3 Å². The van der Waals surface area contributed by atoms with Crippen LogP contribution in [0.1, 0.15) is 83.5 Å². The minimum absolute atomic E-state index is 0.192. The van der Waals surface area contributed by atoms with Crippen LogP contribution in [-0.4, -0.2) is 77.6 Å². The summed E-state index contributed by atoms with van der Waals surface area (Å²) < 4.78 is 21.7. The minimum Gasteiger partial charge on any atom is -0.477 e. The Hall–Kier alpha value is -8.02. The lowest BCUT2D eigenvalue weighted by Gasteiger charge is -2.19. The summed E-state index contributed by atoms with van der Waals surface area (Å²) in [4.78, 5) is 72.4. The van der Waals surface area contributed by atoms with E-state index in [1.807, 2.05) is 18.3 Å². The van der Waals surface area contributed by atoms with Crippen LogP contribution in [0.2, 0.25) is 0 Å². The number of hydrogen-bond acceptors (Lipinski definition) is 9. The molecule has 0 radical (unpaired) electrons. The second-order valence-electron chi connectivity index (χ2n) is 17.0. The van der Waals surface area contributed by atoms with Crippen LogP contribution in [0.25, 0.3) is 22.3 Å². The summed E-state index contributed by atoms with van der Waals surface area (Å²) in [5, 5.41) is 20.1. The van der Waals surface area contributed by atoms with Crippen LogP contribution in [0.4, 0.5) is 32.3 Å². The maximum atomic E-state index is 12.7. The molecule has 0 fully saturated rings. The first-order valence-corrected chi connectivity index (χ1v) is 20.2. The zero-order valence-electron chi connectivity index (χ0n) is 38.1. The Morgan fingerprint density at radius 3 is 1.15 bits per heavy atom. The van der Waals surface area contributed by atoms with Crippen LogP contribution in [0.3, 0.4) is 0 Å². The SMILES string of the molecule is COC(=O)c1cc(-c2ccc(NC(=O)c3cc(NC(=O)OC(C)(C)C)cn3C)cc2)cn1C.Cn1cc(-c2ccc(NC(=O)c3cc(NC(=O)OC(C)(C)C)cn3C)cc2)cc1C(=O)O. The number of rotatable bonds is 10. The van der Waals surface area contributed by atoms with Crippen LogP contribution in [0.5, 0.6) is 0 Å². The standard InChI is InChI=1S/C24H28N4O5.C23H26N4O5/c1-24(2,3)33-23(31)26-18-12-19(28(5)14-18)21(29)25-17-9-7-15(8-10-17)16-11-20(22(30)32-6)27(4)13-16;1-23(2,3)32-22(31)25-17-11-18(27(5)13-17)20(28)24-16-8-6-14(7-9-16)15-10-19(21(29)30)26(4)12-15/h7-14H,1-6H3,(H,25,29)(H,26,31);6-13H,1-5H3,(H,24,28)(H,25,31)(H,29,30). The number of methoxy groups -OCH3 is 1. The number of carboxylic acid groups (broad SMARTS) is 1. The number of esters is 1. The van der Waals surface area contributed by atoms with E-state index in [0.717, 1.165) is 22.3 Å². The highest BCUT2D eigenvalue weighted by atomic mass is 16.6. The molecule has 18 heteroatoms. The maximum absolute atomic E-state index is 12.7. The number of aromatic carboxylic acids is 1. The molecule has 0 bridgehead atoms. The van der Waals surface area contributed by atoms with Gasteiger partial charge in [-0.05, 0) is 101 Å². The van der Waals surface area contributed by atoms with Crippen molar-refractivity contribution in [3.05, 3.63) is 120 Å². The van der Waals surface area contributed by atoms with Crippen LogP contribution in [0.15, 0.2) is 97.6 Å². The third-order valence-corrected chi connectivity index (χ3v) is 9.34. The van der Waals surface area contributed by atoms with Gasteiger partial charge in [-0.3, -0.25) is 20.2 Å². The quantitative estimate of drug-likeness (QED) is 0.0651. The van der Waals surface area contributed by atoms with E-state index in [-0.39, 0.29) is 17.5 Å². The smallest absolute Gasteiger partial charge is 0.412 e. The van der Waals surface area contributed by atoms with Crippen LogP contribution in [0, 0.1) is 0 Å². The van der Waals surface area contributed by atoms with E-state index >= 15 is 0 Å². The molecule has 18 nitrogen and oxygen atoms in total. The molecule has 0 spiro atoms. The highest BCUT2D eigenvalue weighted by Crippen LogP contribution is 2.26. The van der Waals surface area contributed by atoms with Gasteiger partial charge < -0.3 is 48.2 Å². The molecule has 0 aliphatic heterocycles. The van der Waals surface area contributed by atoms with E-state index in [0.29, 0.717) is 39.8 Å². The number of ether oxygens (including phenoxy) is 3. The van der Waals surface area contributed by atoms with Crippen molar-refractivity contribution in [1.29, 1.82) is 0 Å². The first kappa shape index (κ1) is 48.0. The molecule has 2 aromatic carbocycles. The molecule has 5 N–H and O–H groups in total. The van der Waals surface area contributed by atoms with Crippen molar-refractivity contribution < 1.29 is 48.1 Å². The van der Waals surface area contributed by atoms with Gasteiger partial charge in [0, 0.05) is 75.5 Å². The lowest BCUT2D eigenvalue weighted by atomic mass is 10.1. The molecule has 4 aromatic heterocycles. The highest BCUT2D eigenvalue weighted by Gasteiger charge is 2.21. The summed E-state index contributed by atoms with van der Waals surface area (Å²) in [5.41, 5.74) is 5.55. The van der Waals surface area contributed by atoms with Crippen molar-refractivity contribution in [2.75, 3.05) is 28.4 Å². The summed E-state index contributed by atoms with van der Waals surface area (Å²) in [6.45, 7) is 10.6. The Morgan fingerprint density at radius 2 is 0.815 bits per heavy atom. The van der Waals surface area contributed by atoms with Crippen LogP contribution >= 0.6 is 0 Å². The van der Waals surface area contributed by atoms with Gasteiger partial charge >= 0.3 is 24.1 Å². The Labute approximate surface area is 376 Å². The number of benzene rings is 2. The topological polar surface area (TPSA) is 218 Å². The van der Waals surface area contributed by atoms with Gasteiger partial charge in [-0.25, -0.2) is 19.2 Å². The fraction of sp³-hybridized carbons (Fsp3) is 0.277. The zero-order valence-corrected chi connectivity index (χ0v) is 38.1. The number of aryl methyl sites for hydroxylation is 4. The lowest BCUT2D eigenvalue weighted by molar-refractivity contribution is 0.0586. The molecule has 0 saturated heterocycles. The fourth-order valence-corrected chi connectivity index (χ4v) is 6.41. The van der Waals surface area contributed by atoms with Crippen molar-refractivity contribution in [3.63, 3.8) is 0 Å². The number of nitrogens with zero attached hydrogens (tertiary/aromatic N) is 4. The first-order valence-electron chi connectivity index (χ1n) is 20.2. The number of nitrogens with one attached hydrogen (secondary N) is 4. The van der Waals surface area contributed by atoms with Gasteiger partial charge in [0.2, 0.25) is 0 Å². The summed E-state index contributed by atoms with van der Waals surface area (Å²) in [5.74, 6) is -2.07. The molecular weight excluding hydrogens is 837 g/mol. The van der Waals surface area contributed by atoms with E-state index in [2.05, 4.69) is 21.3 Å². The monoisotopic (exact) mass is 890 g/mol. The predicted octanol–water partition coefficient (Wildman–Crippen LogP) is 8.74. The molecule has 65 heavy (non-hydrogen) atoms. The molecule has 4 amide bonds. The summed E-state index contributed by atoms with van der Waals surface area (Å²) in [6, 6.07) is 20.8. The van der Waals surface area contributed by atoms with Gasteiger partial charge in [-0.15, -0.1) is 0 Å². The molecule has 0 unspecified atom stereocenters. The predicted molar refractivity (Wildman–Crippen MR) is 246 cm³/mol. The Balaban J connectivity index is 0.000000244. The van der Waals surface area contributed by atoms with Gasteiger partial charge in [0.25, 0.3) is 11.8 Å². The van der Waals surface area contributed by atoms with Gasteiger partial charge in [0.15, 0.2) is 0 Å².